The predicted molar refractivity (Wildman–Crippen MR) is 166 cm³/mol. The maximum absolute atomic E-state index is 12.7. The second kappa shape index (κ2) is 14.9. The Morgan fingerprint density at radius 3 is 1.86 bits per heavy atom. The van der Waals surface area contributed by atoms with Gasteiger partial charge in [-0.1, -0.05) is 36.4 Å². The first-order valence-electron chi connectivity index (χ1n) is 14.4. The topological polar surface area (TPSA) is 114 Å². The molecule has 0 aliphatic carbocycles. The molecular formula is C34H37N3O5. The molecule has 8 heteroatoms. The van der Waals surface area contributed by atoms with Crippen LogP contribution in [0.15, 0.2) is 66.7 Å². The molecule has 218 valence electrons. The number of carbonyl (C=O) groups is 4. The zero-order chi connectivity index (χ0) is 29.9. The van der Waals surface area contributed by atoms with Crippen LogP contribution in [-0.4, -0.2) is 28.4 Å². The van der Waals surface area contributed by atoms with Gasteiger partial charge in [-0.2, -0.15) is 0 Å². The second-order valence-electron chi connectivity index (χ2n) is 10.6. The number of nitrogens with one attached hydrogen (secondary N) is 2. The number of para-hydroxylation sites is 2. The minimum absolute atomic E-state index is 0.0420. The highest BCUT2D eigenvalue weighted by atomic mass is 16.5. The number of benzene rings is 3. The molecule has 0 unspecified atom stereocenters. The number of hydrogen-bond acceptors (Lipinski definition) is 7. The maximum atomic E-state index is 12.7. The van der Waals surface area contributed by atoms with Gasteiger partial charge in [-0.25, -0.2) is 4.98 Å². The average molecular weight is 568 g/mol. The van der Waals surface area contributed by atoms with Crippen LogP contribution in [0.3, 0.4) is 0 Å². The Morgan fingerprint density at radius 2 is 1.24 bits per heavy atom. The number of Topliss-reactive ketones (excluding diaryl/α,β-unsaturated/α-hetero) is 2. The minimum atomic E-state index is -0.334. The first-order chi connectivity index (χ1) is 20.3. The number of amides is 1. The lowest BCUT2D eigenvalue weighted by Gasteiger charge is -2.16. The van der Waals surface area contributed by atoms with Crippen LogP contribution in [0.1, 0.15) is 70.8 Å². The van der Waals surface area contributed by atoms with E-state index in [1.165, 1.54) is 0 Å². The number of rotatable bonds is 15. The highest BCUT2D eigenvalue weighted by Gasteiger charge is 2.13. The first-order valence-corrected chi connectivity index (χ1v) is 14.4. The Balaban J connectivity index is 1.56. The molecule has 0 aliphatic rings. The normalized spacial score (nSPS) is 10.9. The van der Waals surface area contributed by atoms with Crippen molar-refractivity contribution in [3.05, 3.63) is 72.3 Å². The lowest BCUT2D eigenvalue weighted by Crippen LogP contribution is -2.12. The predicted octanol–water partition coefficient (Wildman–Crippen LogP) is 7.41. The van der Waals surface area contributed by atoms with Crippen LogP contribution in [0.25, 0.3) is 21.8 Å². The van der Waals surface area contributed by atoms with E-state index < -0.39 is 0 Å². The lowest BCUT2D eigenvalue weighted by molar-refractivity contribution is -0.145. The van der Waals surface area contributed by atoms with Crippen molar-refractivity contribution in [2.24, 2.45) is 0 Å². The van der Waals surface area contributed by atoms with Gasteiger partial charge in [-0.15, -0.1) is 0 Å². The van der Waals surface area contributed by atoms with Crippen LogP contribution in [0, 0.1) is 0 Å². The number of fused-ring (bicyclic) bond motifs is 2. The third kappa shape index (κ3) is 8.96. The van der Waals surface area contributed by atoms with Gasteiger partial charge in [-0.05, 0) is 75.4 Å². The fourth-order valence-corrected chi connectivity index (χ4v) is 4.80. The number of hydrogen-bond donors (Lipinski definition) is 2. The molecule has 0 fully saturated rings. The van der Waals surface area contributed by atoms with E-state index in [1.54, 1.807) is 19.9 Å². The number of ether oxygens (including phenoxy) is 1. The molecular weight excluding hydrogens is 530 g/mol. The van der Waals surface area contributed by atoms with Gasteiger partial charge in [0.1, 0.15) is 18.2 Å². The standard InChI is InChI=1S/C34H37N3O5/c1-23(38)11-3-9-17-32(40)35-26-19-25(22-42-33(41)18-10-4-12-24(2)39)20-27(21-26)36-34-28-13-5-7-15-30(28)37-31-16-8-6-14-29(31)34/h5-8,13-16,19-21H,3-4,9-12,17-18,22H2,1-2H3,(H,35,40)(H,36,37). The van der Waals surface area contributed by atoms with Gasteiger partial charge in [0.2, 0.25) is 5.91 Å². The number of ketones is 2. The molecule has 1 amide bonds. The summed E-state index contributed by atoms with van der Waals surface area (Å²) >= 11 is 0. The van der Waals surface area contributed by atoms with E-state index in [0.29, 0.717) is 56.2 Å². The molecule has 0 spiro atoms. The van der Waals surface area contributed by atoms with Crippen LogP contribution in [0.5, 0.6) is 0 Å². The SMILES string of the molecule is CC(=O)CCCCC(=O)Nc1cc(COC(=O)CCCCC(C)=O)cc(Nc2c3ccccc3nc3ccccc23)c1. The van der Waals surface area contributed by atoms with Crippen LogP contribution in [-0.2, 0) is 30.5 Å². The Labute approximate surface area is 245 Å². The molecule has 0 saturated carbocycles. The van der Waals surface area contributed by atoms with E-state index in [0.717, 1.165) is 33.2 Å². The molecule has 3 aromatic carbocycles. The van der Waals surface area contributed by atoms with Crippen molar-refractivity contribution in [3.63, 3.8) is 0 Å². The van der Waals surface area contributed by atoms with E-state index in [9.17, 15) is 19.2 Å². The molecule has 4 aromatic rings. The molecule has 1 heterocycles. The van der Waals surface area contributed by atoms with Gasteiger partial charge in [0.15, 0.2) is 0 Å². The number of carbonyl (C=O) groups excluding carboxylic acids is 4. The third-order valence-electron chi connectivity index (χ3n) is 6.88. The molecule has 0 radical (unpaired) electrons. The zero-order valence-electron chi connectivity index (χ0n) is 24.2. The smallest absolute Gasteiger partial charge is 0.306 e. The van der Waals surface area contributed by atoms with Crippen LogP contribution in [0.2, 0.25) is 0 Å². The third-order valence-corrected chi connectivity index (χ3v) is 6.88. The van der Waals surface area contributed by atoms with E-state index in [1.807, 2.05) is 60.7 Å². The van der Waals surface area contributed by atoms with Crippen LogP contribution >= 0.6 is 0 Å². The largest absolute Gasteiger partial charge is 0.461 e. The number of esters is 1. The fraction of sp³-hybridized carbons (Fsp3) is 0.324. The van der Waals surface area contributed by atoms with Gasteiger partial charge < -0.3 is 25.0 Å². The number of anilines is 3. The number of unbranched alkanes of at least 4 members (excludes halogenated alkanes) is 2. The number of aromatic nitrogens is 1. The highest BCUT2D eigenvalue weighted by Crippen LogP contribution is 2.34. The monoisotopic (exact) mass is 567 g/mol. The number of pyridine rings is 1. The quantitative estimate of drug-likeness (QED) is 0.0873. The highest BCUT2D eigenvalue weighted by molar-refractivity contribution is 6.08. The van der Waals surface area contributed by atoms with Gasteiger partial charge in [-0.3, -0.25) is 9.59 Å². The van der Waals surface area contributed by atoms with Crippen molar-refractivity contribution < 1.29 is 23.9 Å². The lowest BCUT2D eigenvalue weighted by atomic mass is 10.1. The van der Waals surface area contributed by atoms with Gasteiger partial charge in [0.25, 0.3) is 0 Å². The zero-order valence-corrected chi connectivity index (χ0v) is 24.2. The molecule has 4 rings (SSSR count). The van der Waals surface area contributed by atoms with Crippen LogP contribution < -0.4 is 10.6 Å². The van der Waals surface area contributed by atoms with E-state index in [4.69, 9.17) is 9.72 Å². The van der Waals surface area contributed by atoms with Crippen molar-refractivity contribution in [1.82, 2.24) is 4.98 Å². The summed E-state index contributed by atoms with van der Waals surface area (Å²) in [5.41, 5.74) is 4.61. The molecule has 0 aliphatic heterocycles. The van der Waals surface area contributed by atoms with Crippen molar-refractivity contribution in [1.29, 1.82) is 0 Å². The summed E-state index contributed by atoms with van der Waals surface area (Å²) in [6.07, 6.45) is 3.99. The van der Waals surface area contributed by atoms with Crippen LogP contribution in [0.4, 0.5) is 17.1 Å². The molecule has 0 saturated heterocycles. The fourth-order valence-electron chi connectivity index (χ4n) is 4.80. The van der Waals surface area contributed by atoms with Crippen molar-refractivity contribution in [2.75, 3.05) is 10.6 Å². The van der Waals surface area contributed by atoms with Gasteiger partial charge in [0.05, 0.1) is 16.7 Å². The summed E-state index contributed by atoms with van der Waals surface area (Å²) in [5, 5.41) is 8.42. The summed E-state index contributed by atoms with van der Waals surface area (Å²) in [4.78, 5) is 52.2. The van der Waals surface area contributed by atoms with E-state index >= 15 is 0 Å². The van der Waals surface area contributed by atoms with E-state index in [-0.39, 0.29) is 36.5 Å². The van der Waals surface area contributed by atoms with Crippen molar-refractivity contribution in [2.45, 2.75) is 71.8 Å². The van der Waals surface area contributed by atoms with Gasteiger partial charge >= 0.3 is 5.97 Å². The molecule has 0 atom stereocenters. The molecule has 42 heavy (non-hydrogen) atoms. The number of nitrogens with zero attached hydrogens (tertiary/aromatic N) is 1. The average Bonchev–Trinajstić information content (AvgIpc) is 2.96. The first kappa shape index (κ1) is 30.4. The minimum Gasteiger partial charge on any atom is -0.461 e. The maximum Gasteiger partial charge on any atom is 0.306 e. The van der Waals surface area contributed by atoms with Crippen molar-refractivity contribution >= 4 is 62.3 Å². The summed E-state index contributed by atoms with van der Waals surface area (Å²) in [6.45, 7) is 3.13. The van der Waals surface area contributed by atoms with Gasteiger partial charge in [0, 0.05) is 47.8 Å². The molecule has 8 nitrogen and oxygen atoms in total. The Bertz CT molecular complexity index is 1540. The molecule has 1 aromatic heterocycles. The summed E-state index contributed by atoms with van der Waals surface area (Å²) in [6, 6.07) is 21.3. The van der Waals surface area contributed by atoms with E-state index in [2.05, 4.69) is 10.6 Å². The molecule has 0 bridgehead atoms. The Morgan fingerprint density at radius 1 is 0.690 bits per heavy atom. The summed E-state index contributed by atoms with van der Waals surface area (Å²) in [5.74, 6) is -0.262. The Hall–Kier alpha value is -4.59. The van der Waals surface area contributed by atoms with Crippen molar-refractivity contribution in [3.8, 4) is 0 Å². The summed E-state index contributed by atoms with van der Waals surface area (Å²) in [7, 11) is 0. The molecule has 2 N–H and O–H groups in total. The summed E-state index contributed by atoms with van der Waals surface area (Å²) < 4.78 is 5.54. The second-order valence-corrected chi connectivity index (χ2v) is 10.6. The Kier molecular flexibility index (Phi) is 10.8.